The van der Waals surface area contributed by atoms with E-state index in [0.717, 1.165) is 27.6 Å². The minimum atomic E-state index is -0.125. The zero-order chi connectivity index (χ0) is 17.7. The first-order valence-electron chi connectivity index (χ1n) is 8.18. The lowest BCUT2D eigenvalue weighted by molar-refractivity contribution is -0.123. The van der Waals surface area contributed by atoms with Crippen LogP contribution < -0.4 is 10.1 Å². The Bertz CT molecular complexity index is 687. The molecule has 2 aromatic rings. The fraction of sp³-hybridized carbons (Fsp3) is 0.350. The Hall–Kier alpha value is -1.81. The summed E-state index contributed by atoms with van der Waals surface area (Å²) in [6, 6.07) is 12.1. The summed E-state index contributed by atoms with van der Waals surface area (Å²) in [4.78, 5) is 12.1. The van der Waals surface area contributed by atoms with Crippen molar-refractivity contribution in [2.45, 2.75) is 40.2 Å². The maximum Gasteiger partial charge on any atom is 0.258 e. The summed E-state index contributed by atoms with van der Waals surface area (Å²) in [6.07, 6.45) is 1.01. The van der Waals surface area contributed by atoms with Crippen LogP contribution in [0.5, 0.6) is 5.75 Å². The number of benzene rings is 2. The molecule has 2 aromatic carbocycles. The van der Waals surface area contributed by atoms with Crippen LogP contribution in [-0.2, 0) is 11.2 Å². The van der Waals surface area contributed by atoms with Crippen LogP contribution in [0.25, 0.3) is 0 Å². The molecule has 0 aliphatic carbocycles. The molecule has 0 radical (unpaired) electrons. The molecule has 0 aliphatic rings. The molecule has 24 heavy (non-hydrogen) atoms. The van der Waals surface area contributed by atoms with Gasteiger partial charge in [-0.2, -0.15) is 0 Å². The maximum absolute atomic E-state index is 12.1. The van der Waals surface area contributed by atoms with Crippen molar-refractivity contribution in [3.05, 3.63) is 63.1 Å². The molecular weight excluding hydrogens is 366 g/mol. The van der Waals surface area contributed by atoms with E-state index in [4.69, 9.17) is 4.74 Å². The fourth-order valence-corrected chi connectivity index (χ4v) is 2.78. The second-order valence-corrected chi connectivity index (χ2v) is 6.84. The Kier molecular flexibility index (Phi) is 6.44. The minimum Gasteiger partial charge on any atom is -0.484 e. The zero-order valence-electron chi connectivity index (χ0n) is 14.7. The smallest absolute Gasteiger partial charge is 0.258 e. The lowest BCUT2D eigenvalue weighted by Crippen LogP contribution is -2.31. The highest BCUT2D eigenvalue weighted by atomic mass is 79.9. The molecule has 0 unspecified atom stereocenters. The molecule has 1 amide bonds. The highest BCUT2D eigenvalue weighted by Crippen LogP contribution is 2.26. The number of ether oxygens (including phenoxy) is 1. The number of amides is 1. The Morgan fingerprint density at radius 2 is 1.75 bits per heavy atom. The maximum atomic E-state index is 12.1. The molecule has 4 heteroatoms. The first kappa shape index (κ1) is 18.5. The van der Waals surface area contributed by atoms with Crippen LogP contribution in [0.1, 0.15) is 42.1 Å². The molecular formula is C20H24BrNO2. The average Bonchev–Trinajstić information content (AvgIpc) is 2.57. The Morgan fingerprint density at radius 3 is 2.29 bits per heavy atom. The lowest BCUT2D eigenvalue weighted by Gasteiger charge is -2.15. The van der Waals surface area contributed by atoms with Gasteiger partial charge in [-0.1, -0.05) is 47.1 Å². The van der Waals surface area contributed by atoms with Crippen molar-refractivity contribution >= 4 is 21.8 Å². The van der Waals surface area contributed by atoms with Crippen LogP contribution in [0.3, 0.4) is 0 Å². The van der Waals surface area contributed by atoms with Crippen molar-refractivity contribution in [1.82, 2.24) is 5.32 Å². The molecule has 0 saturated heterocycles. The quantitative estimate of drug-likeness (QED) is 0.763. The van der Waals surface area contributed by atoms with E-state index in [1.807, 2.05) is 32.9 Å². The number of hydrogen-bond acceptors (Lipinski definition) is 2. The number of aryl methyl sites for hydroxylation is 3. The molecule has 0 saturated carbocycles. The molecule has 1 atom stereocenters. The number of rotatable bonds is 6. The Morgan fingerprint density at radius 1 is 1.17 bits per heavy atom. The van der Waals surface area contributed by atoms with Crippen molar-refractivity contribution in [2.24, 2.45) is 0 Å². The lowest BCUT2D eigenvalue weighted by atomic mass is 10.1. The van der Waals surface area contributed by atoms with E-state index >= 15 is 0 Å². The second kappa shape index (κ2) is 8.34. The van der Waals surface area contributed by atoms with E-state index in [2.05, 4.69) is 52.4 Å². The molecule has 0 spiro atoms. The number of nitrogens with one attached hydrogen (secondary N) is 1. The largest absolute Gasteiger partial charge is 0.484 e. The zero-order valence-corrected chi connectivity index (χ0v) is 16.2. The standard InChI is InChI=1S/C20H24BrNO2/c1-5-16-6-8-17(9-7-16)15(4)22-19(23)12-24-18-10-13(2)20(21)14(3)11-18/h6-11,15H,5,12H2,1-4H3,(H,22,23)/t15-/m0/s1. The Labute approximate surface area is 152 Å². The monoisotopic (exact) mass is 389 g/mol. The molecule has 2 rings (SSSR count). The van der Waals surface area contributed by atoms with E-state index in [9.17, 15) is 4.79 Å². The van der Waals surface area contributed by atoms with E-state index < -0.39 is 0 Å². The second-order valence-electron chi connectivity index (χ2n) is 6.04. The van der Waals surface area contributed by atoms with Gasteiger partial charge in [0.05, 0.1) is 6.04 Å². The van der Waals surface area contributed by atoms with E-state index in [1.54, 1.807) is 0 Å². The summed E-state index contributed by atoms with van der Waals surface area (Å²) in [5, 5.41) is 2.97. The third kappa shape index (κ3) is 4.84. The topological polar surface area (TPSA) is 38.3 Å². The predicted octanol–water partition coefficient (Wildman–Crippen LogP) is 4.88. The highest BCUT2D eigenvalue weighted by Gasteiger charge is 2.11. The van der Waals surface area contributed by atoms with Gasteiger partial charge in [-0.25, -0.2) is 0 Å². The molecule has 128 valence electrons. The van der Waals surface area contributed by atoms with Gasteiger partial charge in [-0.05, 0) is 61.6 Å². The molecule has 3 nitrogen and oxygen atoms in total. The summed E-state index contributed by atoms with van der Waals surface area (Å²) < 4.78 is 6.70. The molecule has 0 fully saturated rings. The first-order chi connectivity index (χ1) is 11.4. The summed E-state index contributed by atoms with van der Waals surface area (Å²) in [5.74, 6) is 0.587. The van der Waals surface area contributed by atoms with Gasteiger partial charge in [0.15, 0.2) is 6.61 Å². The van der Waals surface area contributed by atoms with Crippen LogP contribution in [-0.4, -0.2) is 12.5 Å². The third-order valence-electron chi connectivity index (χ3n) is 4.05. The summed E-state index contributed by atoms with van der Waals surface area (Å²) in [6.45, 7) is 8.13. The van der Waals surface area contributed by atoms with Crippen LogP contribution in [0.4, 0.5) is 0 Å². The van der Waals surface area contributed by atoms with Crippen molar-refractivity contribution in [3.63, 3.8) is 0 Å². The Balaban J connectivity index is 1.90. The van der Waals surface area contributed by atoms with Gasteiger partial charge in [-0.3, -0.25) is 4.79 Å². The molecule has 0 aliphatic heterocycles. The van der Waals surface area contributed by atoms with Crippen molar-refractivity contribution in [3.8, 4) is 5.75 Å². The van der Waals surface area contributed by atoms with Gasteiger partial charge in [0, 0.05) is 4.47 Å². The van der Waals surface area contributed by atoms with Crippen molar-refractivity contribution in [2.75, 3.05) is 6.61 Å². The SMILES string of the molecule is CCc1ccc([C@H](C)NC(=O)COc2cc(C)c(Br)c(C)c2)cc1. The minimum absolute atomic E-state index is 0.0118. The van der Waals surface area contributed by atoms with Gasteiger partial charge in [0.25, 0.3) is 5.91 Å². The molecule has 0 heterocycles. The summed E-state index contributed by atoms with van der Waals surface area (Å²) in [5.41, 5.74) is 4.57. The van der Waals surface area contributed by atoms with Crippen LogP contribution in [0, 0.1) is 13.8 Å². The van der Waals surface area contributed by atoms with Crippen LogP contribution in [0.2, 0.25) is 0 Å². The van der Waals surface area contributed by atoms with E-state index in [0.29, 0.717) is 5.75 Å². The average molecular weight is 390 g/mol. The van der Waals surface area contributed by atoms with Gasteiger partial charge in [-0.15, -0.1) is 0 Å². The van der Waals surface area contributed by atoms with Gasteiger partial charge in [0.1, 0.15) is 5.75 Å². The number of halogens is 1. The number of hydrogen-bond donors (Lipinski definition) is 1. The van der Waals surface area contributed by atoms with Crippen LogP contribution >= 0.6 is 15.9 Å². The normalized spacial score (nSPS) is 11.9. The van der Waals surface area contributed by atoms with Crippen LogP contribution in [0.15, 0.2) is 40.9 Å². The van der Waals surface area contributed by atoms with E-state index in [-0.39, 0.29) is 18.6 Å². The molecule has 0 bridgehead atoms. The molecule has 0 aromatic heterocycles. The summed E-state index contributed by atoms with van der Waals surface area (Å²) in [7, 11) is 0. The van der Waals surface area contributed by atoms with Crippen molar-refractivity contribution in [1.29, 1.82) is 0 Å². The van der Waals surface area contributed by atoms with Gasteiger partial charge < -0.3 is 10.1 Å². The third-order valence-corrected chi connectivity index (χ3v) is 5.30. The highest BCUT2D eigenvalue weighted by molar-refractivity contribution is 9.10. The van der Waals surface area contributed by atoms with Crippen molar-refractivity contribution < 1.29 is 9.53 Å². The molecule has 1 N–H and O–H groups in total. The van der Waals surface area contributed by atoms with E-state index in [1.165, 1.54) is 5.56 Å². The van der Waals surface area contributed by atoms with Gasteiger partial charge in [0.2, 0.25) is 0 Å². The number of carbonyl (C=O) groups is 1. The predicted molar refractivity (Wildman–Crippen MR) is 101 cm³/mol. The summed E-state index contributed by atoms with van der Waals surface area (Å²) >= 11 is 3.53. The first-order valence-corrected chi connectivity index (χ1v) is 8.97. The number of carbonyl (C=O) groups excluding carboxylic acids is 1. The fourth-order valence-electron chi connectivity index (χ4n) is 2.55. The van der Waals surface area contributed by atoms with Gasteiger partial charge >= 0.3 is 0 Å².